The van der Waals surface area contributed by atoms with Crippen LogP contribution in [-0.2, 0) is 0 Å². The van der Waals surface area contributed by atoms with Crippen molar-refractivity contribution in [2.75, 3.05) is 11.9 Å². The summed E-state index contributed by atoms with van der Waals surface area (Å²) in [6.45, 7) is 4.65. The summed E-state index contributed by atoms with van der Waals surface area (Å²) in [5, 5.41) is 1.24. The van der Waals surface area contributed by atoms with E-state index in [0.29, 0.717) is 17.1 Å². The number of alkyl halides is 1. The minimum atomic E-state index is -0.0363. The van der Waals surface area contributed by atoms with Gasteiger partial charge in [0.15, 0.2) is 0 Å². The SMILES string of the molecule is CC(C)N(CCBr)C(=O)c1cc(Br)ccc1Cl. The quantitative estimate of drug-likeness (QED) is 0.708. The largest absolute Gasteiger partial charge is 0.335 e. The fraction of sp³-hybridized carbons (Fsp3) is 0.417. The molecule has 1 aromatic carbocycles. The van der Waals surface area contributed by atoms with E-state index in [4.69, 9.17) is 11.6 Å². The lowest BCUT2D eigenvalue weighted by atomic mass is 10.1. The first kappa shape index (κ1) is 15.0. The maximum Gasteiger partial charge on any atom is 0.255 e. The normalized spacial score (nSPS) is 10.7. The van der Waals surface area contributed by atoms with Gasteiger partial charge in [0.1, 0.15) is 0 Å². The second-order valence-electron chi connectivity index (χ2n) is 3.91. The average Bonchev–Trinajstić information content (AvgIpc) is 2.28. The molecular weight excluding hydrogens is 369 g/mol. The van der Waals surface area contributed by atoms with Gasteiger partial charge in [0.25, 0.3) is 5.91 Å². The van der Waals surface area contributed by atoms with E-state index in [2.05, 4.69) is 31.9 Å². The summed E-state index contributed by atoms with van der Waals surface area (Å²) >= 11 is 12.8. The number of benzene rings is 1. The zero-order valence-corrected chi connectivity index (χ0v) is 13.6. The minimum Gasteiger partial charge on any atom is -0.335 e. The van der Waals surface area contributed by atoms with Crippen LogP contribution in [-0.4, -0.2) is 28.7 Å². The summed E-state index contributed by atoms with van der Waals surface area (Å²) in [6, 6.07) is 5.46. The zero-order chi connectivity index (χ0) is 13.0. The van der Waals surface area contributed by atoms with Crippen molar-refractivity contribution in [3.05, 3.63) is 33.3 Å². The third-order valence-corrected chi connectivity index (χ3v) is 3.55. The number of carbonyl (C=O) groups is 1. The minimum absolute atomic E-state index is 0.0363. The molecule has 0 unspecified atom stereocenters. The molecule has 0 radical (unpaired) electrons. The van der Waals surface area contributed by atoms with Gasteiger partial charge in [-0.15, -0.1) is 0 Å². The molecule has 0 saturated carbocycles. The summed E-state index contributed by atoms with van der Waals surface area (Å²) in [4.78, 5) is 14.1. The van der Waals surface area contributed by atoms with Crippen LogP contribution >= 0.6 is 43.5 Å². The molecule has 2 nitrogen and oxygen atoms in total. The molecule has 17 heavy (non-hydrogen) atoms. The first-order chi connectivity index (χ1) is 7.97. The highest BCUT2D eigenvalue weighted by atomic mass is 79.9. The van der Waals surface area contributed by atoms with Crippen LogP contribution in [0.4, 0.5) is 0 Å². The van der Waals surface area contributed by atoms with Crippen LogP contribution in [0.15, 0.2) is 22.7 Å². The monoisotopic (exact) mass is 381 g/mol. The van der Waals surface area contributed by atoms with Crippen LogP contribution < -0.4 is 0 Å². The average molecular weight is 384 g/mol. The van der Waals surface area contributed by atoms with Crippen molar-refractivity contribution >= 4 is 49.4 Å². The molecule has 0 aromatic heterocycles. The Morgan fingerprint density at radius 1 is 1.47 bits per heavy atom. The molecule has 94 valence electrons. The number of rotatable bonds is 4. The van der Waals surface area contributed by atoms with E-state index in [-0.39, 0.29) is 11.9 Å². The lowest BCUT2D eigenvalue weighted by Gasteiger charge is -2.26. The summed E-state index contributed by atoms with van der Waals surface area (Å²) in [5.74, 6) is -0.0363. The van der Waals surface area contributed by atoms with E-state index in [9.17, 15) is 4.79 Å². The summed E-state index contributed by atoms with van der Waals surface area (Å²) in [7, 11) is 0. The highest BCUT2D eigenvalue weighted by molar-refractivity contribution is 9.10. The van der Waals surface area contributed by atoms with Gasteiger partial charge in [-0.3, -0.25) is 4.79 Å². The van der Waals surface area contributed by atoms with Crippen LogP contribution in [0, 0.1) is 0 Å². The van der Waals surface area contributed by atoms with Crippen molar-refractivity contribution in [3.63, 3.8) is 0 Å². The Balaban J connectivity index is 3.04. The van der Waals surface area contributed by atoms with E-state index in [1.165, 1.54) is 0 Å². The predicted octanol–water partition coefficient (Wildman–Crippen LogP) is 4.35. The topological polar surface area (TPSA) is 20.3 Å². The van der Waals surface area contributed by atoms with Crippen molar-refractivity contribution in [2.24, 2.45) is 0 Å². The highest BCUT2D eigenvalue weighted by Crippen LogP contribution is 2.23. The Kier molecular flexibility index (Phi) is 5.97. The molecule has 5 heteroatoms. The summed E-state index contributed by atoms with van der Waals surface area (Å²) < 4.78 is 0.854. The summed E-state index contributed by atoms with van der Waals surface area (Å²) in [6.07, 6.45) is 0. The molecule has 0 saturated heterocycles. The van der Waals surface area contributed by atoms with Crippen molar-refractivity contribution in [1.82, 2.24) is 4.90 Å². The van der Waals surface area contributed by atoms with E-state index < -0.39 is 0 Å². The molecule has 0 spiro atoms. The van der Waals surface area contributed by atoms with Gasteiger partial charge in [-0.25, -0.2) is 0 Å². The Hall–Kier alpha value is -0.0600. The van der Waals surface area contributed by atoms with Crippen LogP contribution in [0.5, 0.6) is 0 Å². The maximum atomic E-state index is 12.3. The third kappa shape index (κ3) is 3.97. The standard InChI is InChI=1S/C12H14Br2ClNO/c1-8(2)16(6-5-13)12(17)10-7-9(14)3-4-11(10)15/h3-4,7-8H,5-6H2,1-2H3. The smallest absolute Gasteiger partial charge is 0.255 e. The number of amides is 1. The molecule has 0 fully saturated rings. The molecule has 0 bridgehead atoms. The van der Waals surface area contributed by atoms with Gasteiger partial charge >= 0.3 is 0 Å². The molecule has 1 amide bonds. The van der Waals surface area contributed by atoms with Crippen molar-refractivity contribution in [1.29, 1.82) is 0 Å². The Morgan fingerprint density at radius 2 is 2.12 bits per heavy atom. The Labute approximate surface area is 124 Å². The molecule has 0 N–H and O–H groups in total. The predicted molar refractivity (Wildman–Crippen MR) is 79.1 cm³/mol. The van der Waals surface area contributed by atoms with Gasteiger partial charge in [-0.05, 0) is 32.0 Å². The van der Waals surface area contributed by atoms with Crippen LogP contribution in [0.3, 0.4) is 0 Å². The summed E-state index contributed by atoms with van der Waals surface area (Å²) in [5.41, 5.74) is 0.538. The van der Waals surface area contributed by atoms with Crippen molar-refractivity contribution in [3.8, 4) is 0 Å². The van der Waals surface area contributed by atoms with E-state index in [0.717, 1.165) is 9.80 Å². The molecule has 0 aliphatic carbocycles. The highest BCUT2D eigenvalue weighted by Gasteiger charge is 2.20. The molecule has 0 heterocycles. The van der Waals surface area contributed by atoms with Gasteiger partial charge in [0, 0.05) is 22.4 Å². The van der Waals surface area contributed by atoms with Gasteiger partial charge in [-0.2, -0.15) is 0 Å². The first-order valence-corrected chi connectivity index (χ1v) is 7.58. The fourth-order valence-corrected chi connectivity index (χ4v) is 2.44. The fourth-order valence-electron chi connectivity index (χ4n) is 1.50. The Bertz CT molecular complexity index is 409. The van der Waals surface area contributed by atoms with Gasteiger partial charge < -0.3 is 4.90 Å². The van der Waals surface area contributed by atoms with Gasteiger partial charge in [-0.1, -0.05) is 43.5 Å². The number of carbonyl (C=O) groups excluding carboxylic acids is 1. The number of halogens is 3. The van der Waals surface area contributed by atoms with E-state index in [1.807, 2.05) is 19.9 Å². The number of nitrogens with zero attached hydrogens (tertiary/aromatic N) is 1. The van der Waals surface area contributed by atoms with Gasteiger partial charge in [0.2, 0.25) is 0 Å². The Morgan fingerprint density at radius 3 is 2.65 bits per heavy atom. The zero-order valence-electron chi connectivity index (χ0n) is 9.71. The molecule has 1 rings (SSSR count). The molecule has 0 atom stereocenters. The molecule has 1 aromatic rings. The molecule has 0 aliphatic heterocycles. The van der Waals surface area contributed by atoms with Crippen molar-refractivity contribution in [2.45, 2.75) is 19.9 Å². The van der Waals surface area contributed by atoms with Crippen molar-refractivity contribution < 1.29 is 4.79 Å². The second kappa shape index (κ2) is 6.76. The van der Waals surface area contributed by atoms with Gasteiger partial charge in [0.05, 0.1) is 10.6 Å². The lowest BCUT2D eigenvalue weighted by molar-refractivity contribution is 0.0719. The lowest BCUT2D eigenvalue weighted by Crippen LogP contribution is -2.38. The second-order valence-corrected chi connectivity index (χ2v) is 6.02. The number of hydrogen-bond donors (Lipinski definition) is 0. The maximum absolute atomic E-state index is 12.3. The van der Waals surface area contributed by atoms with Crippen LogP contribution in [0.2, 0.25) is 5.02 Å². The number of hydrogen-bond acceptors (Lipinski definition) is 1. The third-order valence-electron chi connectivity index (χ3n) is 2.37. The van der Waals surface area contributed by atoms with Crippen LogP contribution in [0.1, 0.15) is 24.2 Å². The van der Waals surface area contributed by atoms with Crippen LogP contribution in [0.25, 0.3) is 0 Å². The van der Waals surface area contributed by atoms with E-state index >= 15 is 0 Å². The molecule has 0 aliphatic rings. The molecular formula is C12H14Br2ClNO. The van der Waals surface area contributed by atoms with E-state index in [1.54, 1.807) is 17.0 Å². The first-order valence-electron chi connectivity index (χ1n) is 5.29.